The van der Waals surface area contributed by atoms with Crippen molar-refractivity contribution in [3.05, 3.63) is 28.5 Å². The van der Waals surface area contributed by atoms with E-state index in [1.165, 1.54) is 0 Å². The number of aryl methyl sites for hydroxylation is 1. The van der Waals surface area contributed by atoms with E-state index in [1.807, 2.05) is 19.9 Å². The molecule has 0 aliphatic rings. The first-order valence-corrected chi connectivity index (χ1v) is 3.87. The van der Waals surface area contributed by atoms with Gasteiger partial charge in [0.05, 0.1) is 5.69 Å². The van der Waals surface area contributed by atoms with E-state index in [1.54, 1.807) is 6.07 Å². The molecule has 2 nitrogen and oxygen atoms in total. The highest BCUT2D eigenvalue weighted by Gasteiger charge is 2.04. The van der Waals surface area contributed by atoms with Gasteiger partial charge < -0.3 is 5.73 Å². The summed E-state index contributed by atoms with van der Waals surface area (Å²) in [5.74, 6) is 0. The number of halogens is 1. The molecule has 1 rings (SSSR count). The van der Waals surface area contributed by atoms with Crippen molar-refractivity contribution in [1.82, 2.24) is 4.98 Å². The molecule has 0 saturated heterocycles. The molecule has 0 radical (unpaired) electrons. The Morgan fingerprint density at radius 3 is 2.64 bits per heavy atom. The lowest BCUT2D eigenvalue weighted by atomic mass is 10.1. The van der Waals surface area contributed by atoms with Crippen LogP contribution in [-0.2, 0) is 0 Å². The second-order valence-electron chi connectivity index (χ2n) is 2.62. The van der Waals surface area contributed by atoms with Gasteiger partial charge in [0, 0.05) is 6.04 Å². The summed E-state index contributed by atoms with van der Waals surface area (Å²) < 4.78 is 0. The standard InChI is InChI=1S/C8H11ClN2/c1-5-3-4-7(9)11-8(5)6(2)10/h3-4,6H,10H2,1-2H3. The molecule has 11 heavy (non-hydrogen) atoms. The highest BCUT2D eigenvalue weighted by molar-refractivity contribution is 6.29. The maximum Gasteiger partial charge on any atom is 0.129 e. The van der Waals surface area contributed by atoms with Crippen molar-refractivity contribution < 1.29 is 0 Å². The van der Waals surface area contributed by atoms with Crippen LogP contribution in [0.2, 0.25) is 5.15 Å². The molecule has 0 saturated carbocycles. The lowest BCUT2D eigenvalue weighted by Gasteiger charge is -2.07. The van der Waals surface area contributed by atoms with Crippen molar-refractivity contribution in [3.8, 4) is 0 Å². The first-order valence-electron chi connectivity index (χ1n) is 3.50. The molecule has 1 unspecified atom stereocenters. The Bertz CT molecular complexity index is 258. The molecule has 60 valence electrons. The SMILES string of the molecule is Cc1ccc(Cl)nc1C(C)N. The van der Waals surface area contributed by atoms with Gasteiger partial charge in [-0.1, -0.05) is 17.7 Å². The Balaban J connectivity index is 3.13. The van der Waals surface area contributed by atoms with E-state index in [-0.39, 0.29) is 6.04 Å². The van der Waals surface area contributed by atoms with Gasteiger partial charge in [-0.3, -0.25) is 0 Å². The van der Waals surface area contributed by atoms with Crippen molar-refractivity contribution in [3.63, 3.8) is 0 Å². The number of aromatic nitrogens is 1. The first kappa shape index (κ1) is 8.50. The Hall–Kier alpha value is -0.600. The van der Waals surface area contributed by atoms with Gasteiger partial charge in [-0.15, -0.1) is 0 Å². The Labute approximate surface area is 71.4 Å². The van der Waals surface area contributed by atoms with Crippen LogP contribution in [-0.4, -0.2) is 4.98 Å². The minimum atomic E-state index is -0.0475. The minimum Gasteiger partial charge on any atom is -0.323 e. The molecule has 0 spiro atoms. The summed E-state index contributed by atoms with van der Waals surface area (Å²) in [5.41, 5.74) is 7.62. The molecular weight excluding hydrogens is 160 g/mol. The van der Waals surface area contributed by atoms with Crippen molar-refractivity contribution in [2.75, 3.05) is 0 Å². The summed E-state index contributed by atoms with van der Waals surface area (Å²) in [6, 6.07) is 3.64. The third-order valence-corrected chi connectivity index (χ3v) is 1.74. The average molecular weight is 171 g/mol. The van der Waals surface area contributed by atoms with Gasteiger partial charge in [-0.25, -0.2) is 4.98 Å². The molecule has 0 bridgehead atoms. The van der Waals surface area contributed by atoms with Crippen molar-refractivity contribution in [2.24, 2.45) is 5.73 Å². The fourth-order valence-corrected chi connectivity index (χ4v) is 1.13. The van der Waals surface area contributed by atoms with Gasteiger partial charge in [0.2, 0.25) is 0 Å². The van der Waals surface area contributed by atoms with Crippen molar-refractivity contribution in [2.45, 2.75) is 19.9 Å². The number of hydrogen-bond acceptors (Lipinski definition) is 2. The third kappa shape index (κ3) is 1.91. The van der Waals surface area contributed by atoms with Gasteiger partial charge in [0.1, 0.15) is 5.15 Å². The first-order chi connectivity index (χ1) is 5.11. The molecular formula is C8H11ClN2. The van der Waals surface area contributed by atoms with Crippen LogP contribution < -0.4 is 5.73 Å². The number of nitrogens with two attached hydrogens (primary N) is 1. The largest absolute Gasteiger partial charge is 0.323 e. The summed E-state index contributed by atoms with van der Waals surface area (Å²) in [6.45, 7) is 3.87. The predicted molar refractivity (Wildman–Crippen MR) is 46.6 cm³/mol. The predicted octanol–water partition coefficient (Wildman–Crippen LogP) is 2.06. The van der Waals surface area contributed by atoms with Gasteiger partial charge in [-0.2, -0.15) is 0 Å². The molecule has 1 aromatic heterocycles. The van der Waals surface area contributed by atoms with Gasteiger partial charge in [0.25, 0.3) is 0 Å². The normalized spacial score (nSPS) is 13.1. The third-order valence-electron chi connectivity index (χ3n) is 1.53. The zero-order chi connectivity index (χ0) is 8.43. The van der Waals surface area contributed by atoms with Crippen molar-refractivity contribution in [1.29, 1.82) is 0 Å². The molecule has 3 heteroatoms. The quantitative estimate of drug-likeness (QED) is 0.656. The van der Waals surface area contributed by atoms with E-state index in [0.717, 1.165) is 11.3 Å². The zero-order valence-corrected chi connectivity index (χ0v) is 7.39. The second-order valence-corrected chi connectivity index (χ2v) is 3.01. The highest BCUT2D eigenvalue weighted by Crippen LogP contribution is 2.15. The lowest BCUT2D eigenvalue weighted by molar-refractivity contribution is 0.772. The maximum atomic E-state index is 5.69. The Morgan fingerprint density at radius 1 is 1.55 bits per heavy atom. The van der Waals surface area contributed by atoms with Gasteiger partial charge in [0.15, 0.2) is 0 Å². The second kappa shape index (κ2) is 3.20. The van der Waals surface area contributed by atoms with E-state index >= 15 is 0 Å². The lowest BCUT2D eigenvalue weighted by Crippen LogP contribution is -2.09. The number of hydrogen-bond donors (Lipinski definition) is 1. The monoisotopic (exact) mass is 170 g/mol. The summed E-state index contributed by atoms with van der Waals surface area (Å²) in [6.07, 6.45) is 0. The van der Waals surface area contributed by atoms with Crippen LogP contribution in [0.15, 0.2) is 12.1 Å². The van der Waals surface area contributed by atoms with E-state index in [4.69, 9.17) is 17.3 Å². The molecule has 1 aromatic rings. The van der Waals surface area contributed by atoms with Crippen molar-refractivity contribution >= 4 is 11.6 Å². The van der Waals surface area contributed by atoms with Gasteiger partial charge in [-0.05, 0) is 25.5 Å². The highest BCUT2D eigenvalue weighted by atomic mass is 35.5. The minimum absolute atomic E-state index is 0.0475. The summed E-state index contributed by atoms with van der Waals surface area (Å²) in [7, 11) is 0. The molecule has 2 N–H and O–H groups in total. The van der Waals surface area contributed by atoms with Crippen LogP contribution in [0.1, 0.15) is 24.2 Å². The molecule has 0 aromatic carbocycles. The van der Waals surface area contributed by atoms with Gasteiger partial charge >= 0.3 is 0 Å². The van der Waals surface area contributed by atoms with Crippen LogP contribution in [0.25, 0.3) is 0 Å². The molecule has 1 atom stereocenters. The Morgan fingerprint density at radius 2 is 2.18 bits per heavy atom. The number of nitrogens with zero attached hydrogens (tertiary/aromatic N) is 1. The topological polar surface area (TPSA) is 38.9 Å². The summed E-state index contributed by atoms with van der Waals surface area (Å²) in [5, 5.41) is 0.503. The summed E-state index contributed by atoms with van der Waals surface area (Å²) in [4.78, 5) is 4.11. The summed E-state index contributed by atoms with van der Waals surface area (Å²) >= 11 is 5.69. The fourth-order valence-electron chi connectivity index (χ4n) is 0.981. The zero-order valence-electron chi connectivity index (χ0n) is 6.63. The van der Waals surface area contributed by atoms with Crippen LogP contribution >= 0.6 is 11.6 Å². The van der Waals surface area contributed by atoms with E-state index in [0.29, 0.717) is 5.15 Å². The molecule has 0 aliphatic heterocycles. The molecule has 1 heterocycles. The number of pyridine rings is 1. The maximum absolute atomic E-state index is 5.69. The van der Waals surface area contributed by atoms with Crippen LogP contribution in [0.5, 0.6) is 0 Å². The fraction of sp³-hybridized carbons (Fsp3) is 0.375. The van der Waals surface area contributed by atoms with E-state index in [9.17, 15) is 0 Å². The smallest absolute Gasteiger partial charge is 0.129 e. The molecule has 0 fully saturated rings. The molecule has 0 amide bonds. The van der Waals surface area contributed by atoms with Crippen LogP contribution in [0.4, 0.5) is 0 Å². The van der Waals surface area contributed by atoms with Crippen LogP contribution in [0.3, 0.4) is 0 Å². The molecule has 0 aliphatic carbocycles. The van der Waals surface area contributed by atoms with E-state index < -0.39 is 0 Å². The average Bonchev–Trinajstić information content (AvgIpc) is 1.94. The van der Waals surface area contributed by atoms with Crippen LogP contribution in [0, 0.1) is 6.92 Å². The number of rotatable bonds is 1. The van der Waals surface area contributed by atoms with E-state index in [2.05, 4.69) is 4.98 Å². The Kier molecular flexibility index (Phi) is 2.47.